The largest absolute Gasteiger partial charge is 0.371 e. The lowest BCUT2D eigenvalue weighted by atomic mass is 10.1. The third-order valence-electron chi connectivity index (χ3n) is 2.12. The van der Waals surface area contributed by atoms with E-state index in [9.17, 15) is 0 Å². The van der Waals surface area contributed by atoms with Crippen LogP contribution in [0.2, 0.25) is 0 Å². The molecule has 0 aromatic carbocycles. The number of fused-ring (bicyclic) bond motifs is 1. The third kappa shape index (κ3) is 1.24. The van der Waals surface area contributed by atoms with Crippen molar-refractivity contribution in [3.63, 3.8) is 0 Å². The lowest BCUT2D eigenvalue weighted by molar-refractivity contribution is -0.0168. The molecule has 2 heterocycles. The summed E-state index contributed by atoms with van der Waals surface area (Å²) in [7, 11) is 0. The Bertz CT molecular complexity index is 206. The summed E-state index contributed by atoms with van der Waals surface area (Å²) < 4.78 is 10.9. The second kappa shape index (κ2) is 2.80. The first-order valence-electron chi connectivity index (χ1n) is 3.98. The molecule has 2 nitrogen and oxygen atoms in total. The molecule has 0 aromatic rings. The zero-order chi connectivity index (χ0) is 7.68. The summed E-state index contributed by atoms with van der Waals surface area (Å²) in [4.78, 5) is 0. The Kier molecular flexibility index (Phi) is 1.80. The average molecular weight is 152 g/mol. The average Bonchev–Trinajstić information content (AvgIpc) is 2.40. The van der Waals surface area contributed by atoms with Crippen LogP contribution in [-0.2, 0) is 9.47 Å². The summed E-state index contributed by atoms with van der Waals surface area (Å²) in [5.41, 5.74) is 1.27. The van der Waals surface area contributed by atoms with Crippen molar-refractivity contribution in [1.29, 1.82) is 0 Å². The van der Waals surface area contributed by atoms with E-state index in [0.717, 1.165) is 6.61 Å². The van der Waals surface area contributed by atoms with Crippen molar-refractivity contribution in [3.8, 4) is 0 Å². The number of ether oxygens (including phenoxy) is 2. The Labute approximate surface area is 66.5 Å². The van der Waals surface area contributed by atoms with Crippen LogP contribution >= 0.6 is 0 Å². The van der Waals surface area contributed by atoms with Gasteiger partial charge in [0.2, 0.25) is 0 Å². The predicted molar refractivity (Wildman–Crippen MR) is 42.4 cm³/mol. The van der Waals surface area contributed by atoms with Crippen molar-refractivity contribution in [2.24, 2.45) is 0 Å². The van der Waals surface area contributed by atoms with E-state index in [1.807, 2.05) is 6.08 Å². The maximum Gasteiger partial charge on any atom is 0.109 e. The van der Waals surface area contributed by atoms with E-state index >= 15 is 0 Å². The Balaban J connectivity index is 2.21. The highest BCUT2D eigenvalue weighted by Crippen LogP contribution is 2.22. The fraction of sp³-hybridized carbons (Fsp3) is 0.556. The van der Waals surface area contributed by atoms with Crippen molar-refractivity contribution in [3.05, 3.63) is 23.8 Å². The molecular weight excluding hydrogens is 140 g/mol. The van der Waals surface area contributed by atoms with Crippen LogP contribution in [0.15, 0.2) is 23.8 Å². The highest BCUT2D eigenvalue weighted by atomic mass is 16.5. The molecule has 0 saturated carbocycles. The highest BCUT2D eigenvalue weighted by Gasteiger charge is 2.26. The fourth-order valence-corrected chi connectivity index (χ4v) is 1.51. The maximum absolute atomic E-state index is 5.48. The molecule has 0 spiro atoms. The van der Waals surface area contributed by atoms with E-state index in [4.69, 9.17) is 9.47 Å². The number of hydrogen-bond acceptors (Lipinski definition) is 2. The molecule has 0 aromatic heterocycles. The Morgan fingerprint density at radius 2 is 2.27 bits per heavy atom. The minimum atomic E-state index is 0.175. The first-order valence-corrected chi connectivity index (χ1v) is 3.98. The monoisotopic (exact) mass is 152 g/mol. The Hall–Kier alpha value is -0.600. The second-order valence-corrected chi connectivity index (χ2v) is 2.90. The van der Waals surface area contributed by atoms with Gasteiger partial charge >= 0.3 is 0 Å². The summed E-state index contributed by atoms with van der Waals surface area (Å²) >= 11 is 0. The topological polar surface area (TPSA) is 18.5 Å². The van der Waals surface area contributed by atoms with Gasteiger partial charge in [0.05, 0.1) is 19.3 Å². The van der Waals surface area contributed by atoms with Gasteiger partial charge in [0, 0.05) is 0 Å². The first kappa shape index (κ1) is 7.07. The summed E-state index contributed by atoms with van der Waals surface area (Å²) in [6.45, 7) is 3.49. The molecule has 0 aliphatic carbocycles. The van der Waals surface area contributed by atoms with Crippen molar-refractivity contribution >= 4 is 0 Å². The standard InChI is InChI=1S/C9H12O2/c1-7-9-8(4-6-11-9)3-2-5-10-7/h2-4,7,9H,5-6H2,1H3/t7-,9+/m0/s1. The molecule has 0 fully saturated rings. The van der Waals surface area contributed by atoms with E-state index in [-0.39, 0.29) is 12.2 Å². The normalized spacial score (nSPS) is 36.3. The fourth-order valence-electron chi connectivity index (χ4n) is 1.51. The molecule has 0 saturated heterocycles. The molecule has 2 heteroatoms. The highest BCUT2D eigenvalue weighted by molar-refractivity contribution is 5.28. The summed E-state index contributed by atoms with van der Waals surface area (Å²) in [5, 5.41) is 0. The number of hydrogen-bond donors (Lipinski definition) is 0. The minimum Gasteiger partial charge on any atom is -0.371 e. The van der Waals surface area contributed by atoms with Gasteiger partial charge in [-0.25, -0.2) is 0 Å². The zero-order valence-corrected chi connectivity index (χ0v) is 6.62. The van der Waals surface area contributed by atoms with Crippen LogP contribution in [0.1, 0.15) is 6.92 Å². The van der Waals surface area contributed by atoms with Gasteiger partial charge in [0.1, 0.15) is 6.10 Å². The summed E-state index contributed by atoms with van der Waals surface area (Å²) in [5.74, 6) is 0. The van der Waals surface area contributed by atoms with Crippen molar-refractivity contribution in [1.82, 2.24) is 0 Å². The van der Waals surface area contributed by atoms with E-state index in [0.29, 0.717) is 6.61 Å². The molecule has 0 unspecified atom stereocenters. The van der Waals surface area contributed by atoms with E-state index < -0.39 is 0 Å². The SMILES string of the molecule is C[C@@H]1OCC=CC2=CCO[C@@H]21. The van der Waals surface area contributed by atoms with Crippen LogP contribution in [0.4, 0.5) is 0 Å². The van der Waals surface area contributed by atoms with E-state index in [1.54, 1.807) is 0 Å². The molecule has 0 amide bonds. The predicted octanol–water partition coefficient (Wildman–Crippen LogP) is 1.29. The quantitative estimate of drug-likeness (QED) is 0.520. The maximum atomic E-state index is 5.48. The van der Waals surface area contributed by atoms with Gasteiger partial charge in [0.25, 0.3) is 0 Å². The van der Waals surface area contributed by atoms with Gasteiger partial charge in [-0.3, -0.25) is 0 Å². The van der Waals surface area contributed by atoms with E-state index in [1.165, 1.54) is 5.57 Å². The smallest absolute Gasteiger partial charge is 0.109 e. The molecule has 60 valence electrons. The molecule has 2 atom stereocenters. The van der Waals surface area contributed by atoms with Gasteiger partial charge in [-0.15, -0.1) is 0 Å². The van der Waals surface area contributed by atoms with Crippen LogP contribution in [0.25, 0.3) is 0 Å². The van der Waals surface area contributed by atoms with Gasteiger partial charge in [0.15, 0.2) is 0 Å². The van der Waals surface area contributed by atoms with Gasteiger partial charge < -0.3 is 9.47 Å². The van der Waals surface area contributed by atoms with Crippen LogP contribution in [0, 0.1) is 0 Å². The first-order chi connectivity index (χ1) is 5.38. The number of rotatable bonds is 0. The van der Waals surface area contributed by atoms with E-state index in [2.05, 4.69) is 19.1 Å². The van der Waals surface area contributed by atoms with Crippen LogP contribution < -0.4 is 0 Å². The van der Waals surface area contributed by atoms with Gasteiger partial charge in [-0.05, 0) is 12.5 Å². The zero-order valence-electron chi connectivity index (χ0n) is 6.62. The summed E-state index contributed by atoms with van der Waals surface area (Å²) in [6, 6.07) is 0. The lowest BCUT2D eigenvalue weighted by Crippen LogP contribution is -2.26. The van der Waals surface area contributed by atoms with Crippen molar-refractivity contribution < 1.29 is 9.47 Å². The molecule has 2 aliphatic rings. The molecular formula is C9H12O2. The molecule has 2 aliphatic heterocycles. The van der Waals surface area contributed by atoms with Gasteiger partial charge in [-0.2, -0.15) is 0 Å². The van der Waals surface area contributed by atoms with Crippen LogP contribution in [0.3, 0.4) is 0 Å². The Morgan fingerprint density at radius 1 is 1.36 bits per heavy atom. The van der Waals surface area contributed by atoms with Crippen LogP contribution in [0.5, 0.6) is 0 Å². The minimum absolute atomic E-state index is 0.175. The second-order valence-electron chi connectivity index (χ2n) is 2.90. The molecule has 2 rings (SSSR count). The summed E-state index contributed by atoms with van der Waals surface area (Å²) in [6.07, 6.45) is 6.62. The van der Waals surface area contributed by atoms with Crippen molar-refractivity contribution in [2.75, 3.05) is 13.2 Å². The molecule has 0 radical (unpaired) electrons. The molecule has 11 heavy (non-hydrogen) atoms. The third-order valence-corrected chi connectivity index (χ3v) is 2.12. The van der Waals surface area contributed by atoms with Crippen LogP contribution in [-0.4, -0.2) is 25.4 Å². The molecule has 0 N–H and O–H groups in total. The van der Waals surface area contributed by atoms with Crippen molar-refractivity contribution in [2.45, 2.75) is 19.1 Å². The lowest BCUT2D eigenvalue weighted by Gasteiger charge is -2.18. The molecule has 0 bridgehead atoms. The Morgan fingerprint density at radius 3 is 3.18 bits per heavy atom. The van der Waals surface area contributed by atoms with Gasteiger partial charge in [-0.1, -0.05) is 18.2 Å².